The van der Waals surface area contributed by atoms with Crippen LogP contribution in [0.3, 0.4) is 0 Å². The van der Waals surface area contributed by atoms with Gasteiger partial charge < -0.3 is 10.7 Å². The molecule has 1 aromatic heterocycles. The van der Waals surface area contributed by atoms with Gasteiger partial charge in [0.15, 0.2) is 5.82 Å². The lowest BCUT2D eigenvalue weighted by Crippen LogP contribution is -2.41. The highest BCUT2D eigenvalue weighted by atomic mass is 32.2. The lowest BCUT2D eigenvalue weighted by Gasteiger charge is -2.33. The zero-order valence-electron chi connectivity index (χ0n) is 17.8. The molecule has 7 heteroatoms. The van der Waals surface area contributed by atoms with Crippen molar-refractivity contribution in [1.29, 1.82) is 0 Å². The van der Waals surface area contributed by atoms with Gasteiger partial charge in [0.1, 0.15) is 5.25 Å². The Morgan fingerprint density at radius 2 is 1.83 bits per heavy atom. The van der Waals surface area contributed by atoms with Gasteiger partial charge in [-0.25, -0.2) is 4.68 Å². The van der Waals surface area contributed by atoms with Crippen molar-refractivity contribution < 1.29 is 4.79 Å². The van der Waals surface area contributed by atoms with Crippen molar-refractivity contribution in [1.82, 2.24) is 14.9 Å². The van der Waals surface area contributed by atoms with Gasteiger partial charge in [-0.3, -0.25) is 4.79 Å². The van der Waals surface area contributed by atoms with E-state index >= 15 is 0 Å². The van der Waals surface area contributed by atoms with Crippen LogP contribution in [-0.2, 0) is 11.2 Å². The molecule has 2 atom stereocenters. The van der Waals surface area contributed by atoms with E-state index in [0.29, 0.717) is 0 Å². The Labute approximate surface area is 181 Å². The number of hydrogen-bond acceptors (Lipinski definition) is 5. The molecule has 3 aromatic rings. The summed E-state index contributed by atoms with van der Waals surface area (Å²) < 4.78 is 1.94. The van der Waals surface area contributed by atoms with Gasteiger partial charge in [0.05, 0.1) is 6.04 Å². The molecular weight excluding hydrogens is 394 g/mol. The molecule has 2 aromatic carbocycles. The van der Waals surface area contributed by atoms with Crippen LogP contribution >= 0.6 is 11.8 Å². The standard InChI is InChI=1S/C23H27N5OS/c1-5-6-19-25-26-23-28(19)27-20(17-11-8-14(2)9-12-17)21(30-23)22(29)24-18-13-15(3)7-10-16(18)4/h7-13,20-21,27H,5-6H2,1-4H3,(H,24,29)/t20-,21+/m1/s1. The number of benzene rings is 2. The summed E-state index contributed by atoms with van der Waals surface area (Å²) >= 11 is 1.46. The summed E-state index contributed by atoms with van der Waals surface area (Å²) in [5.41, 5.74) is 8.78. The normalized spacial score (nSPS) is 17.9. The van der Waals surface area contributed by atoms with Crippen LogP contribution in [0.1, 0.15) is 47.5 Å². The first-order chi connectivity index (χ1) is 14.5. The van der Waals surface area contributed by atoms with Gasteiger partial charge in [0, 0.05) is 12.1 Å². The molecule has 2 N–H and O–H groups in total. The van der Waals surface area contributed by atoms with Gasteiger partial charge in [-0.15, -0.1) is 10.2 Å². The minimum absolute atomic E-state index is 0.0435. The number of nitrogens with zero attached hydrogens (tertiary/aromatic N) is 3. The molecule has 0 saturated heterocycles. The van der Waals surface area contributed by atoms with Gasteiger partial charge in [-0.2, -0.15) is 0 Å². The Hall–Kier alpha value is -2.80. The van der Waals surface area contributed by atoms with Crippen LogP contribution in [0, 0.1) is 20.8 Å². The number of aryl methyl sites for hydroxylation is 4. The van der Waals surface area contributed by atoms with Crippen molar-refractivity contribution in [2.24, 2.45) is 0 Å². The van der Waals surface area contributed by atoms with Crippen LogP contribution in [0.4, 0.5) is 5.69 Å². The second kappa shape index (κ2) is 8.52. The van der Waals surface area contributed by atoms with Gasteiger partial charge >= 0.3 is 0 Å². The predicted octanol–water partition coefficient (Wildman–Crippen LogP) is 4.55. The average Bonchev–Trinajstić information content (AvgIpc) is 3.12. The molecule has 0 fully saturated rings. The van der Waals surface area contributed by atoms with Crippen LogP contribution in [0.25, 0.3) is 0 Å². The second-order valence-electron chi connectivity index (χ2n) is 7.85. The maximum Gasteiger partial charge on any atom is 0.240 e. The van der Waals surface area contributed by atoms with E-state index in [2.05, 4.69) is 65.1 Å². The third-order valence-electron chi connectivity index (χ3n) is 5.32. The third-order valence-corrected chi connectivity index (χ3v) is 6.54. The van der Waals surface area contributed by atoms with Crippen molar-refractivity contribution in [2.75, 3.05) is 10.7 Å². The fraction of sp³-hybridized carbons (Fsp3) is 0.348. The summed E-state index contributed by atoms with van der Waals surface area (Å²) in [5.74, 6) is 0.851. The summed E-state index contributed by atoms with van der Waals surface area (Å²) in [5, 5.41) is 12.1. The molecule has 0 saturated carbocycles. The van der Waals surface area contributed by atoms with Gasteiger partial charge in [0.2, 0.25) is 11.1 Å². The molecule has 0 unspecified atom stereocenters. The van der Waals surface area contributed by atoms with E-state index in [1.165, 1.54) is 17.3 Å². The zero-order valence-corrected chi connectivity index (χ0v) is 18.6. The first-order valence-electron chi connectivity index (χ1n) is 10.3. The smallest absolute Gasteiger partial charge is 0.240 e. The molecule has 156 valence electrons. The van der Waals surface area contributed by atoms with Crippen molar-refractivity contribution in [2.45, 2.75) is 57.0 Å². The molecule has 0 spiro atoms. The fourth-order valence-corrected chi connectivity index (χ4v) is 4.68. The molecule has 1 aliphatic heterocycles. The largest absolute Gasteiger partial charge is 0.325 e. The SMILES string of the molecule is CCCc1nnc2n1N[C@H](c1ccc(C)cc1)[C@@H](C(=O)Nc1cc(C)ccc1C)S2. The Bertz CT molecular complexity index is 1060. The first kappa shape index (κ1) is 20.5. The van der Waals surface area contributed by atoms with E-state index in [1.807, 2.05) is 30.7 Å². The molecule has 0 radical (unpaired) electrons. The number of fused-ring (bicyclic) bond motifs is 1. The van der Waals surface area contributed by atoms with E-state index in [9.17, 15) is 4.79 Å². The highest BCUT2D eigenvalue weighted by Crippen LogP contribution is 2.38. The van der Waals surface area contributed by atoms with Gasteiger partial charge in [0.25, 0.3) is 0 Å². The van der Waals surface area contributed by atoms with E-state index in [-0.39, 0.29) is 17.2 Å². The Kier molecular flexibility index (Phi) is 5.81. The Morgan fingerprint density at radius 3 is 2.57 bits per heavy atom. The number of carbonyl (C=O) groups is 1. The molecule has 0 aliphatic carbocycles. The molecule has 0 bridgehead atoms. The minimum Gasteiger partial charge on any atom is -0.325 e. The van der Waals surface area contributed by atoms with Gasteiger partial charge in [-0.05, 0) is 49.9 Å². The number of aromatic nitrogens is 3. The molecule has 1 aliphatic rings. The Morgan fingerprint density at radius 1 is 1.10 bits per heavy atom. The van der Waals surface area contributed by atoms with Crippen LogP contribution in [0.2, 0.25) is 0 Å². The van der Waals surface area contributed by atoms with Crippen molar-refractivity contribution in [3.05, 3.63) is 70.5 Å². The minimum atomic E-state index is -0.376. The molecule has 1 amide bonds. The van der Waals surface area contributed by atoms with Crippen LogP contribution in [0.5, 0.6) is 0 Å². The first-order valence-corrected chi connectivity index (χ1v) is 11.2. The maximum atomic E-state index is 13.4. The number of rotatable bonds is 5. The molecule has 6 nitrogen and oxygen atoms in total. The molecule has 2 heterocycles. The second-order valence-corrected chi connectivity index (χ2v) is 8.96. The third kappa shape index (κ3) is 4.07. The van der Waals surface area contributed by atoms with E-state index in [1.54, 1.807) is 0 Å². The van der Waals surface area contributed by atoms with E-state index in [4.69, 9.17) is 0 Å². The van der Waals surface area contributed by atoms with Crippen LogP contribution < -0.4 is 10.7 Å². The van der Waals surface area contributed by atoms with Crippen molar-refractivity contribution in [3.63, 3.8) is 0 Å². The highest BCUT2D eigenvalue weighted by Gasteiger charge is 2.37. The van der Waals surface area contributed by atoms with Gasteiger partial charge in [-0.1, -0.05) is 60.6 Å². The topological polar surface area (TPSA) is 71.8 Å². The monoisotopic (exact) mass is 421 g/mol. The number of thioether (sulfide) groups is 1. The molecule has 4 rings (SSSR count). The predicted molar refractivity (Wildman–Crippen MR) is 121 cm³/mol. The Balaban J connectivity index is 1.68. The summed E-state index contributed by atoms with van der Waals surface area (Å²) in [6.45, 7) is 8.22. The zero-order chi connectivity index (χ0) is 21.3. The number of nitrogens with one attached hydrogen (secondary N) is 2. The maximum absolute atomic E-state index is 13.4. The fourth-order valence-electron chi connectivity index (χ4n) is 3.58. The summed E-state index contributed by atoms with van der Waals surface area (Å²) in [6.07, 6.45) is 1.82. The lowest BCUT2D eigenvalue weighted by atomic mass is 10.0. The lowest BCUT2D eigenvalue weighted by molar-refractivity contribution is -0.116. The summed E-state index contributed by atoms with van der Waals surface area (Å²) in [6, 6.07) is 14.2. The summed E-state index contributed by atoms with van der Waals surface area (Å²) in [7, 11) is 0. The van der Waals surface area contributed by atoms with Crippen molar-refractivity contribution in [3.8, 4) is 0 Å². The molecular formula is C23H27N5OS. The number of hydrogen-bond donors (Lipinski definition) is 2. The molecule has 30 heavy (non-hydrogen) atoms. The van der Waals surface area contributed by atoms with Crippen LogP contribution in [0.15, 0.2) is 47.6 Å². The quantitative estimate of drug-likeness (QED) is 0.632. The highest BCUT2D eigenvalue weighted by molar-refractivity contribution is 8.00. The number of anilines is 1. The number of amides is 1. The van der Waals surface area contributed by atoms with Crippen molar-refractivity contribution >= 4 is 23.4 Å². The van der Waals surface area contributed by atoms with E-state index in [0.717, 1.165) is 46.2 Å². The summed E-state index contributed by atoms with van der Waals surface area (Å²) in [4.78, 5) is 13.4. The van der Waals surface area contributed by atoms with Crippen LogP contribution in [-0.4, -0.2) is 26.0 Å². The average molecular weight is 422 g/mol. The van der Waals surface area contributed by atoms with E-state index < -0.39 is 0 Å². The number of carbonyl (C=O) groups excluding carboxylic acids is 1.